The first-order chi connectivity index (χ1) is 13.8. The average Bonchev–Trinajstić information content (AvgIpc) is 2.68. The van der Waals surface area contributed by atoms with Crippen molar-refractivity contribution in [2.45, 2.75) is 26.3 Å². The number of amides is 2. The maximum atomic E-state index is 14.0. The lowest BCUT2D eigenvalue weighted by molar-refractivity contribution is -0.308. The van der Waals surface area contributed by atoms with Crippen molar-refractivity contribution in [2.75, 3.05) is 0 Å². The van der Waals surface area contributed by atoms with Gasteiger partial charge in [-0.25, -0.2) is 4.39 Å². The molecule has 0 aliphatic heterocycles. The summed E-state index contributed by atoms with van der Waals surface area (Å²) in [5.74, 6) is -3.49. The van der Waals surface area contributed by atoms with Crippen molar-refractivity contribution < 1.29 is 23.9 Å². The normalized spacial score (nSPS) is 12.3. The van der Waals surface area contributed by atoms with Gasteiger partial charge in [0, 0.05) is 11.1 Å². The van der Waals surface area contributed by atoms with Crippen LogP contribution in [0.3, 0.4) is 0 Å². The Morgan fingerprint density at radius 2 is 1.66 bits per heavy atom. The topological polar surface area (TPSA) is 98.3 Å². The van der Waals surface area contributed by atoms with E-state index in [4.69, 9.17) is 0 Å². The zero-order chi connectivity index (χ0) is 21.4. The summed E-state index contributed by atoms with van der Waals surface area (Å²) in [6, 6.07) is 12.6. The van der Waals surface area contributed by atoms with Crippen LogP contribution in [0.15, 0.2) is 60.3 Å². The molecule has 2 aromatic rings. The number of carboxylic acid groups (broad SMARTS) is 1. The number of carbonyl (C=O) groups excluding carboxylic acids is 3. The molecule has 0 saturated heterocycles. The maximum absolute atomic E-state index is 14.0. The SMILES string of the molecule is CC(C)C[C@@H](NC(=O)/C(=C/c1ccccc1F)NC(=O)c1ccccc1)C(=O)[O-]. The van der Waals surface area contributed by atoms with Crippen molar-refractivity contribution in [1.29, 1.82) is 0 Å². The van der Waals surface area contributed by atoms with Crippen LogP contribution in [0.25, 0.3) is 6.08 Å². The molecule has 152 valence electrons. The molecule has 0 unspecified atom stereocenters. The average molecular weight is 397 g/mol. The van der Waals surface area contributed by atoms with Crippen LogP contribution in [0.1, 0.15) is 36.2 Å². The fourth-order valence-corrected chi connectivity index (χ4v) is 2.61. The molecule has 6 nitrogen and oxygen atoms in total. The van der Waals surface area contributed by atoms with E-state index < -0.39 is 29.6 Å². The molecule has 2 aromatic carbocycles. The zero-order valence-corrected chi connectivity index (χ0v) is 16.1. The lowest BCUT2D eigenvalue weighted by atomic mass is 10.0. The summed E-state index contributed by atoms with van der Waals surface area (Å²) < 4.78 is 14.0. The highest BCUT2D eigenvalue weighted by Crippen LogP contribution is 2.12. The van der Waals surface area contributed by atoms with Gasteiger partial charge in [-0.2, -0.15) is 0 Å². The van der Waals surface area contributed by atoms with Crippen LogP contribution in [-0.4, -0.2) is 23.8 Å². The number of aliphatic carboxylic acids is 1. The Morgan fingerprint density at radius 3 is 2.24 bits per heavy atom. The van der Waals surface area contributed by atoms with Crippen LogP contribution in [0.4, 0.5) is 4.39 Å². The van der Waals surface area contributed by atoms with Crippen LogP contribution >= 0.6 is 0 Å². The van der Waals surface area contributed by atoms with Crippen LogP contribution < -0.4 is 15.7 Å². The molecule has 0 radical (unpaired) electrons. The molecule has 0 fully saturated rings. The van der Waals surface area contributed by atoms with Gasteiger partial charge in [-0.1, -0.05) is 50.2 Å². The van der Waals surface area contributed by atoms with E-state index in [1.807, 2.05) is 0 Å². The minimum Gasteiger partial charge on any atom is -0.548 e. The first kappa shape index (κ1) is 21.8. The molecule has 2 N–H and O–H groups in total. The minimum absolute atomic E-state index is 0.0175. The number of rotatable bonds is 8. The van der Waals surface area contributed by atoms with Crippen LogP contribution in [0.2, 0.25) is 0 Å². The Hall–Kier alpha value is -3.48. The fraction of sp³-hybridized carbons (Fsp3) is 0.227. The van der Waals surface area contributed by atoms with Gasteiger partial charge in [0.2, 0.25) is 0 Å². The number of halogens is 1. The Bertz CT molecular complexity index is 910. The lowest BCUT2D eigenvalue weighted by Crippen LogP contribution is -2.50. The molecule has 7 heteroatoms. The van der Waals surface area contributed by atoms with E-state index >= 15 is 0 Å². The lowest BCUT2D eigenvalue weighted by Gasteiger charge is -2.22. The Labute approximate surface area is 168 Å². The monoisotopic (exact) mass is 397 g/mol. The van der Waals surface area contributed by atoms with Gasteiger partial charge in [0.05, 0.1) is 12.0 Å². The number of hydrogen-bond acceptors (Lipinski definition) is 4. The van der Waals surface area contributed by atoms with Gasteiger partial charge < -0.3 is 20.5 Å². The predicted molar refractivity (Wildman–Crippen MR) is 105 cm³/mol. The first-order valence-electron chi connectivity index (χ1n) is 9.12. The summed E-state index contributed by atoms with van der Waals surface area (Å²) in [5, 5.41) is 16.1. The van der Waals surface area contributed by atoms with Gasteiger partial charge in [-0.05, 0) is 36.6 Å². The van der Waals surface area contributed by atoms with Gasteiger partial charge in [-0.15, -0.1) is 0 Å². The second-order valence-corrected chi connectivity index (χ2v) is 6.87. The molecule has 0 aliphatic rings. The van der Waals surface area contributed by atoms with E-state index in [-0.39, 0.29) is 23.6 Å². The molecule has 0 bridgehead atoms. The van der Waals surface area contributed by atoms with Gasteiger partial charge in [0.15, 0.2) is 0 Å². The molecule has 0 saturated carbocycles. The van der Waals surface area contributed by atoms with Crippen molar-refractivity contribution in [3.63, 3.8) is 0 Å². The predicted octanol–water partition coefficient (Wildman–Crippen LogP) is 1.88. The highest BCUT2D eigenvalue weighted by Gasteiger charge is 2.20. The quantitative estimate of drug-likeness (QED) is 0.665. The highest BCUT2D eigenvalue weighted by atomic mass is 19.1. The standard InChI is InChI=1S/C22H23FN2O4/c1-14(2)12-19(22(28)29)25-21(27)18(13-16-10-6-7-11-17(16)23)24-20(26)15-8-4-3-5-9-15/h3-11,13-14,19H,12H2,1-2H3,(H,24,26)(H,25,27)(H,28,29)/p-1/b18-13-/t19-/m1/s1. The number of carboxylic acids is 1. The molecule has 29 heavy (non-hydrogen) atoms. The molecular formula is C22H22FN2O4-. The highest BCUT2D eigenvalue weighted by molar-refractivity contribution is 6.06. The van der Waals surface area contributed by atoms with Crippen molar-refractivity contribution in [3.8, 4) is 0 Å². The summed E-state index contributed by atoms with van der Waals surface area (Å²) in [6.07, 6.45) is 1.31. The minimum atomic E-state index is -1.44. The van der Waals surface area contributed by atoms with Crippen molar-refractivity contribution in [3.05, 3.63) is 77.2 Å². The smallest absolute Gasteiger partial charge is 0.268 e. The second kappa shape index (κ2) is 10.2. The van der Waals surface area contributed by atoms with Crippen molar-refractivity contribution in [1.82, 2.24) is 10.6 Å². The maximum Gasteiger partial charge on any atom is 0.268 e. The van der Waals surface area contributed by atoms with E-state index in [0.717, 1.165) is 6.08 Å². The number of benzene rings is 2. The van der Waals surface area contributed by atoms with Crippen LogP contribution in [-0.2, 0) is 9.59 Å². The molecule has 0 heterocycles. The first-order valence-corrected chi connectivity index (χ1v) is 9.12. The van der Waals surface area contributed by atoms with Gasteiger partial charge >= 0.3 is 0 Å². The molecule has 0 aromatic heterocycles. The number of hydrogen-bond donors (Lipinski definition) is 2. The summed E-state index contributed by atoms with van der Waals surface area (Å²) in [6.45, 7) is 3.60. The summed E-state index contributed by atoms with van der Waals surface area (Å²) in [5.41, 5.74) is 0.0807. The van der Waals surface area contributed by atoms with E-state index in [0.29, 0.717) is 5.56 Å². The third-order valence-corrected chi connectivity index (χ3v) is 4.03. The Balaban J connectivity index is 2.33. The van der Waals surface area contributed by atoms with Crippen molar-refractivity contribution in [2.24, 2.45) is 5.92 Å². The molecule has 2 amide bonds. The van der Waals surface area contributed by atoms with Gasteiger partial charge in [0.25, 0.3) is 11.8 Å². The Morgan fingerprint density at radius 1 is 1.03 bits per heavy atom. The van der Waals surface area contributed by atoms with Gasteiger partial charge in [-0.3, -0.25) is 9.59 Å². The van der Waals surface area contributed by atoms with E-state index in [2.05, 4.69) is 10.6 Å². The Kier molecular flexibility index (Phi) is 7.65. The fourth-order valence-electron chi connectivity index (χ4n) is 2.61. The van der Waals surface area contributed by atoms with E-state index in [1.165, 1.54) is 18.2 Å². The summed E-state index contributed by atoms with van der Waals surface area (Å²) in [4.78, 5) is 36.5. The summed E-state index contributed by atoms with van der Waals surface area (Å²) in [7, 11) is 0. The third-order valence-electron chi connectivity index (χ3n) is 4.03. The van der Waals surface area contributed by atoms with Crippen LogP contribution in [0.5, 0.6) is 0 Å². The zero-order valence-electron chi connectivity index (χ0n) is 16.1. The third kappa shape index (κ3) is 6.57. The van der Waals surface area contributed by atoms with Gasteiger partial charge in [0.1, 0.15) is 11.5 Å². The largest absolute Gasteiger partial charge is 0.548 e. The van der Waals surface area contributed by atoms with Crippen molar-refractivity contribution >= 4 is 23.9 Å². The molecule has 0 aliphatic carbocycles. The van der Waals surface area contributed by atoms with E-state index in [1.54, 1.807) is 50.2 Å². The molecule has 2 rings (SSSR count). The second-order valence-electron chi connectivity index (χ2n) is 6.87. The van der Waals surface area contributed by atoms with E-state index in [9.17, 15) is 23.9 Å². The molecular weight excluding hydrogens is 375 g/mol. The molecule has 1 atom stereocenters. The number of carbonyl (C=O) groups is 3. The van der Waals surface area contributed by atoms with Crippen LogP contribution in [0, 0.1) is 11.7 Å². The number of nitrogens with one attached hydrogen (secondary N) is 2. The summed E-state index contributed by atoms with van der Waals surface area (Å²) >= 11 is 0. The molecule has 0 spiro atoms.